The average molecular weight is 548 g/mol. The Hall–Kier alpha value is -2.22. The average Bonchev–Trinajstić information content (AvgIpc) is 2.77. The maximum Gasteiger partial charge on any atom is 0.162 e. The summed E-state index contributed by atoms with van der Waals surface area (Å²) in [7, 11) is 0. The van der Waals surface area contributed by atoms with Gasteiger partial charge in [0.25, 0.3) is 0 Å². The van der Waals surface area contributed by atoms with Gasteiger partial charge in [0.05, 0.1) is 6.61 Å². The second-order valence-electron chi connectivity index (χ2n) is 7.20. The van der Waals surface area contributed by atoms with Crippen molar-refractivity contribution >= 4 is 37.6 Å². The van der Waals surface area contributed by atoms with Gasteiger partial charge in [0.1, 0.15) is 12.0 Å². The second-order valence-corrected chi connectivity index (χ2v) is 9.04. The van der Waals surface area contributed by atoms with E-state index in [0.717, 1.165) is 20.2 Å². The summed E-state index contributed by atoms with van der Waals surface area (Å²) in [6.07, 6.45) is -0.0773. The molecule has 160 valence electrons. The van der Waals surface area contributed by atoms with Crippen molar-refractivity contribution in [2.24, 2.45) is 4.99 Å². The molecule has 1 heterocycles. The zero-order valence-corrected chi connectivity index (χ0v) is 20.0. The molecule has 0 saturated heterocycles. The highest BCUT2D eigenvalue weighted by Gasteiger charge is 2.30. The molecule has 0 bridgehead atoms. The monoisotopic (exact) mass is 546 g/mol. The Morgan fingerprint density at radius 2 is 1.84 bits per heavy atom. The number of phenols is 1. The molecule has 0 spiro atoms. The zero-order valence-electron chi connectivity index (χ0n) is 16.8. The summed E-state index contributed by atoms with van der Waals surface area (Å²) in [5, 5.41) is 14.2. The van der Waals surface area contributed by atoms with Gasteiger partial charge in [0.15, 0.2) is 11.5 Å². The topological polar surface area (TPSA) is 53.8 Å². The first-order valence-corrected chi connectivity index (χ1v) is 11.5. The number of halogens is 3. The lowest BCUT2D eigenvalue weighted by molar-refractivity contribution is 0.313. The van der Waals surface area contributed by atoms with Crippen LogP contribution in [0.15, 0.2) is 74.6 Å². The van der Waals surface area contributed by atoms with Crippen molar-refractivity contribution in [1.29, 1.82) is 0 Å². The number of phenolic OH excluding ortho intramolecular Hbond substituents is 1. The number of nitrogens with one attached hydrogen (secondary N) is 1. The standard InChI is InChI=1S/C24H21Br2FN2O2/c1-2-31-22-8-4-7-17(23(22)30)21-13-20(14-5-3-6-15(25)11-14)28-24(29-21)18-12-16(26)9-10-19(18)27/h3-12,21,24,29-30H,2,13H2,1H3/t21-,24+/m1/s1. The Bertz CT molecular complexity index is 1140. The molecule has 7 heteroatoms. The van der Waals surface area contributed by atoms with Crippen LogP contribution in [-0.4, -0.2) is 17.4 Å². The first kappa shape index (κ1) is 22.0. The predicted molar refractivity (Wildman–Crippen MR) is 127 cm³/mol. The van der Waals surface area contributed by atoms with Crippen molar-refractivity contribution in [1.82, 2.24) is 5.32 Å². The molecule has 3 aromatic rings. The largest absolute Gasteiger partial charge is 0.504 e. The van der Waals surface area contributed by atoms with E-state index in [-0.39, 0.29) is 17.6 Å². The van der Waals surface area contributed by atoms with Gasteiger partial charge in [0, 0.05) is 38.2 Å². The summed E-state index contributed by atoms with van der Waals surface area (Å²) in [4.78, 5) is 4.84. The minimum Gasteiger partial charge on any atom is -0.504 e. The van der Waals surface area contributed by atoms with Crippen molar-refractivity contribution in [3.8, 4) is 11.5 Å². The smallest absolute Gasteiger partial charge is 0.162 e. The Labute approximate surface area is 197 Å². The number of hydrogen-bond donors (Lipinski definition) is 2. The summed E-state index contributed by atoms with van der Waals surface area (Å²) in [6.45, 7) is 2.32. The van der Waals surface area contributed by atoms with E-state index in [9.17, 15) is 9.50 Å². The minimum absolute atomic E-state index is 0.0887. The van der Waals surface area contributed by atoms with Gasteiger partial charge in [-0.1, -0.05) is 56.1 Å². The highest BCUT2D eigenvalue weighted by molar-refractivity contribution is 9.10. The third-order valence-electron chi connectivity index (χ3n) is 5.16. The molecule has 4 nitrogen and oxygen atoms in total. The van der Waals surface area contributed by atoms with Gasteiger partial charge in [0.2, 0.25) is 0 Å². The number of benzene rings is 3. The fourth-order valence-electron chi connectivity index (χ4n) is 3.72. The van der Waals surface area contributed by atoms with Gasteiger partial charge >= 0.3 is 0 Å². The van der Waals surface area contributed by atoms with Crippen LogP contribution in [0.25, 0.3) is 0 Å². The van der Waals surface area contributed by atoms with Crippen LogP contribution in [0.3, 0.4) is 0 Å². The van der Waals surface area contributed by atoms with Crippen LogP contribution < -0.4 is 10.1 Å². The maximum atomic E-state index is 14.7. The molecule has 0 aliphatic carbocycles. The Morgan fingerprint density at radius 1 is 1.06 bits per heavy atom. The molecule has 2 atom stereocenters. The Balaban J connectivity index is 1.80. The SMILES string of the molecule is CCOc1cccc([C@H]2CC(c3cccc(Br)c3)=N[C@H](c3cc(Br)ccc3F)N2)c1O. The number of hydrogen-bond acceptors (Lipinski definition) is 4. The normalized spacial score (nSPS) is 18.5. The lowest BCUT2D eigenvalue weighted by atomic mass is 9.93. The fourth-order valence-corrected chi connectivity index (χ4v) is 4.50. The second kappa shape index (κ2) is 9.51. The number of aromatic hydroxyl groups is 1. The van der Waals surface area contributed by atoms with Gasteiger partial charge in [-0.25, -0.2) is 4.39 Å². The number of rotatable bonds is 5. The molecule has 0 aromatic heterocycles. The predicted octanol–water partition coefficient (Wildman–Crippen LogP) is 6.68. The highest BCUT2D eigenvalue weighted by atomic mass is 79.9. The van der Waals surface area contributed by atoms with Crippen LogP contribution >= 0.6 is 31.9 Å². The van der Waals surface area contributed by atoms with E-state index in [1.807, 2.05) is 43.3 Å². The van der Waals surface area contributed by atoms with Crippen LogP contribution in [0.4, 0.5) is 4.39 Å². The molecular weight excluding hydrogens is 527 g/mol. The molecule has 1 aliphatic heterocycles. The summed E-state index contributed by atoms with van der Waals surface area (Å²) >= 11 is 6.94. The maximum absolute atomic E-state index is 14.7. The first-order chi connectivity index (χ1) is 15.0. The molecule has 3 aromatic carbocycles. The summed E-state index contributed by atoms with van der Waals surface area (Å²) in [5.74, 6) is 0.176. The summed E-state index contributed by atoms with van der Waals surface area (Å²) in [6, 6.07) is 17.8. The minimum atomic E-state index is -0.611. The van der Waals surface area contributed by atoms with E-state index in [1.165, 1.54) is 6.07 Å². The zero-order chi connectivity index (χ0) is 22.0. The fraction of sp³-hybridized carbons (Fsp3) is 0.208. The van der Waals surface area contributed by atoms with Crippen LogP contribution in [-0.2, 0) is 0 Å². The van der Waals surface area contributed by atoms with Gasteiger partial charge in [-0.15, -0.1) is 0 Å². The Kier molecular flexibility index (Phi) is 6.74. The van der Waals surface area contributed by atoms with Crippen molar-refractivity contribution in [3.05, 3.63) is 92.1 Å². The van der Waals surface area contributed by atoms with Crippen molar-refractivity contribution < 1.29 is 14.2 Å². The van der Waals surface area contributed by atoms with Crippen LogP contribution in [0.5, 0.6) is 11.5 Å². The lowest BCUT2D eigenvalue weighted by Crippen LogP contribution is -2.33. The molecular formula is C24H21Br2FN2O2. The summed E-state index contributed by atoms with van der Waals surface area (Å²) < 4.78 is 22.0. The van der Waals surface area contributed by atoms with Crippen molar-refractivity contribution in [3.63, 3.8) is 0 Å². The Morgan fingerprint density at radius 3 is 2.61 bits per heavy atom. The van der Waals surface area contributed by atoms with Crippen LogP contribution in [0.1, 0.15) is 42.2 Å². The lowest BCUT2D eigenvalue weighted by Gasteiger charge is -2.31. The van der Waals surface area contributed by atoms with Gasteiger partial charge in [-0.05, 0) is 48.9 Å². The van der Waals surface area contributed by atoms with E-state index in [2.05, 4.69) is 37.2 Å². The molecule has 0 saturated carbocycles. The number of aliphatic imine (C=N–C) groups is 1. The molecule has 0 fully saturated rings. The van der Waals surface area contributed by atoms with E-state index < -0.39 is 6.17 Å². The van der Waals surface area contributed by atoms with Crippen LogP contribution in [0.2, 0.25) is 0 Å². The van der Waals surface area contributed by atoms with E-state index in [1.54, 1.807) is 18.2 Å². The van der Waals surface area contributed by atoms with Crippen LogP contribution in [0, 0.1) is 5.82 Å². The van der Waals surface area contributed by atoms with E-state index in [0.29, 0.717) is 29.9 Å². The number of para-hydroxylation sites is 1. The molecule has 2 N–H and O–H groups in total. The highest BCUT2D eigenvalue weighted by Crippen LogP contribution is 2.39. The van der Waals surface area contributed by atoms with Crippen molar-refractivity contribution in [2.45, 2.75) is 25.6 Å². The van der Waals surface area contributed by atoms with Gasteiger partial charge in [-0.2, -0.15) is 0 Å². The van der Waals surface area contributed by atoms with E-state index in [4.69, 9.17) is 9.73 Å². The molecule has 0 unspecified atom stereocenters. The first-order valence-electron chi connectivity index (χ1n) is 9.94. The number of nitrogens with zero attached hydrogens (tertiary/aromatic N) is 1. The van der Waals surface area contributed by atoms with Gasteiger partial charge in [-0.3, -0.25) is 10.3 Å². The number of ether oxygens (including phenoxy) is 1. The quantitative estimate of drug-likeness (QED) is 0.374. The van der Waals surface area contributed by atoms with Gasteiger partial charge < -0.3 is 9.84 Å². The summed E-state index contributed by atoms with van der Waals surface area (Å²) in [5.41, 5.74) is 2.90. The molecule has 31 heavy (non-hydrogen) atoms. The molecule has 0 radical (unpaired) electrons. The third-order valence-corrected chi connectivity index (χ3v) is 6.14. The molecule has 1 aliphatic rings. The van der Waals surface area contributed by atoms with Crippen molar-refractivity contribution in [2.75, 3.05) is 6.61 Å². The molecule has 0 amide bonds. The molecule has 4 rings (SSSR count). The third kappa shape index (κ3) is 4.84. The van der Waals surface area contributed by atoms with E-state index >= 15 is 0 Å².